The van der Waals surface area contributed by atoms with Gasteiger partial charge in [0.25, 0.3) is 0 Å². The van der Waals surface area contributed by atoms with Crippen molar-refractivity contribution in [3.05, 3.63) is 76.0 Å². The second-order valence-electron chi connectivity index (χ2n) is 10.8. The van der Waals surface area contributed by atoms with E-state index in [1.807, 2.05) is 13.0 Å². The molecule has 4 heterocycles. The van der Waals surface area contributed by atoms with Crippen molar-refractivity contribution in [3.63, 3.8) is 0 Å². The van der Waals surface area contributed by atoms with Crippen LogP contribution in [-0.2, 0) is 17.1 Å². The summed E-state index contributed by atoms with van der Waals surface area (Å²) in [5, 5.41) is 4.15. The number of nitrogens with zero attached hydrogens (tertiary/aromatic N) is 5. The summed E-state index contributed by atoms with van der Waals surface area (Å²) in [6, 6.07) is 4.20. The van der Waals surface area contributed by atoms with Gasteiger partial charge in [0, 0.05) is 37.4 Å². The molecular formula is C30H32F5N5O2. The first kappa shape index (κ1) is 30.0. The number of ketones is 1. The first-order valence-electron chi connectivity index (χ1n) is 13.8. The van der Waals surface area contributed by atoms with Crippen LogP contribution in [-0.4, -0.2) is 69.0 Å². The zero-order valence-corrected chi connectivity index (χ0v) is 23.6. The van der Waals surface area contributed by atoms with E-state index >= 15 is 0 Å². The molecule has 3 aromatic rings. The molecule has 1 fully saturated rings. The fourth-order valence-electron chi connectivity index (χ4n) is 5.72. The molecule has 7 nitrogen and oxygen atoms in total. The molecule has 42 heavy (non-hydrogen) atoms. The van der Waals surface area contributed by atoms with E-state index in [1.54, 1.807) is 13.1 Å². The smallest absolute Gasteiger partial charge is 0.379 e. The highest BCUT2D eigenvalue weighted by molar-refractivity contribution is 5.98. The Labute approximate surface area is 240 Å². The van der Waals surface area contributed by atoms with Gasteiger partial charge in [0.05, 0.1) is 41.9 Å². The highest BCUT2D eigenvalue weighted by atomic mass is 19.4. The monoisotopic (exact) mass is 589 g/mol. The molecule has 0 spiro atoms. The van der Waals surface area contributed by atoms with Gasteiger partial charge in [0.15, 0.2) is 11.6 Å². The second-order valence-corrected chi connectivity index (χ2v) is 10.8. The van der Waals surface area contributed by atoms with Crippen LogP contribution in [0, 0.1) is 20.8 Å². The molecule has 0 N–H and O–H groups in total. The molecule has 0 amide bonds. The molecule has 1 atom stereocenters. The lowest BCUT2D eigenvalue weighted by molar-refractivity contribution is -0.289. The van der Waals surface area contributed by atoms with Gasteiger partial charge in [-0.2, -0.15) is 27.1 Å². The quantitative estimate of drug-likeness (QED) is 0.251. The summed E-state index contributed by atoms with van der Waals surface area (Å²) < 4.78 is 72.9. The lowest BCUT2D eigenvalue weighted by Crippen LogP contribution is -2.43. The van der Waals surface area contributed by atoms with Crippen molar-refractivity contribution in [2.45, 2.75) is 64.6 Å². The van der Waals surface area contributed by atoms with Crippen LogP contribution in [0.3, 0.4) is 0 Å². The van der Waals surface area contributed by atoms with Gasteiger partial charge in [0.2, 0.25) is 0 Å². The fourth-order valence-corrected chi connectivity index (χ4v) is 5.72. The lowest BCUT2D eigenvalue weighted by atomic mass is 9.90. The van der Waals surface area contributed by atoms with Gasteiger partial charge in [-0.05, 0) is 68.9 Å². The van der Waals surface area contributed by atoms with Gasteiger partial charge in [-0.25, -0.2) is 9.67 Å². The number of Topliss-reactive ketones (excluding diaryl/α,β-unsaturated/α-hetero) is 1. The zero-order chi connectivity index (χ0) is 30.2. The molecule has 1 unspecified atom stereocenters. The maximum Gasteiger partial charge on any atom is 0.458 e. The number of ether oxygens (including phenoxy) is 1. The second kappa shape index (κ2) is 11.6. The van der Waals surface area contributed by atoms with E-state index in [-0.39, 0.29) is 18.0 Å². The Morgan fingerprint density at radius 1 is 1.07 bits per heavy atom. The summed E-state index contributed by atoms with van der Waals surface area (Å²) in [7, 11) is 0. The standard InChI is InChI=1S/C30H32F5N5O2/c1-18-14-21(16-36-28(18)22-4-6-23(7-5-22)39-10-12-42-13-11-39)15-26(41)24-17-37-40(20(24)3)27-9-8-25(19(2)38-27)29(31,32)30(33,34)35/h4,8-9,14,16-17,23H,5-7,10-13,15H2,1-3H3. The Bertz CT molecular complexity index is 1510. The Morgan fingerprint density at radius 2 is 1.81 bits per heavy atom. The first-order valence-corrected chi connectivity index (χ1v) is 13.8. The van der Waals surface area contributed by atoms with Crippen LogP contribution in [0.1, 0.15) is 63.4 Å². The Morgan fingerprint density at radius 3 is 2.43 bits per heavy atom. The summed E-state index contributed by atoms with van der Waals surface area (Å²) in [6.45, 7) is 8.17. The largest absolute Gasteiger partial charge is 0.458 e. The summed E-state index contributed by atoms with van der Waals surface area (Å²) in [5.74, 6) is -5.23. The SMILES string of the molecule is Cc1cc(CC(=O)c2cnn(-c3ccc(C(F)(F)C(F)(F)F)c(C)n3)c2C)cnc1C1=CCC(N2CCOCC2)CC1. The highest BCUT2D eigenvalue weighted by Gasteiger charge is 2.59. The molecule has 1 aliphatic carbocycles. The maximum atomic E-state index is 13.9. The molecule has 5 rings (SSSR count). The van der Waals surface area contributed by atoms with Crippen LogP contribution in [0.2, 0.25) is 0 Å². The van der Waals surface area contributed by atoms with Crippen molar-refractivity contribution in [3.8, 4) is 5.82 Å². The molecule has 2 aliphatic rings. The summed E-state index contributed by atoms with van der Waals surface area (Å²) >= 11 is 0. The number of carbonyl (C=O) groups excluding carboxylic acids is 1. The van der Waals surface area contributed by atoms with Crippen molar-refractivity contribution >= 4 is 11.4 Å². The third kappa shape index (κ3) is 5.87. The van der Waals surface area contributed by atoms with Crippen molar-refractivity contribution in [1.29, 1.82) is 0 Å². The van der Waals surface area contributed by atoms with Crippen LogP contribution in [0.4, 0.5) is 22.0 Å². The molecule has 0 bridgehead atoms. The number of carbonyl (C=O) groups is 1. The molecule has 1 aliphatic heterocycles. The summed E-state index contributed by atoms with van der Waals surface area (Å²) in [6.07, 6.45) is 2.64. The predicted octanol–water partition coefficient (Wildman–Crippen LogP) is 5.94. The number of aromatic nitrogens is 4. The fraction of sp³-hybridized carbons (Fsp3) is 0.467. The molecule has 0 radical (unpaired) electrons. The van der Waals surface area contributed by atoms with Crippen LogP contribution in [0.5, 0.6) is 0 Å². The van der Waals surface area contributed by atoms with Gasteiger partial charge in [0.1, 0.15) is 0 Å². The van der Waals surface area contributed by atoms with E-state index in [2.05, 4.69) is 21.1 Å². The molecular weight excluding hydrogens is 557 g/mol. The Hall–Kier alpha value is -3.51. The van der Waals surface area contributed by atoms with Gasteiger partial charge in [-0.3, -0.25) is 14.7 Å². The third-order valence-electron chi connectivity index (χ3n) is 8.04. The average molecular weight is 590 g/mol. The number of pyridine rings is 2. The zero-order valence-electron chi connectivity index (χ0n) is 23.6. The molecule has 0 saturated carbocycles. The van der Waals surface area contributed by atoms with Crippen molar-refractivity contribution in [2.24, 2.45) is 0 Å². The molecule has 12 heteroatoms. The number of aryl methyl sites for hydroxylation is 2. The van der Waals surface area contributed by atoms with Crippen LogP contribution in [0.25, 0.3) is 11.4 Å². The highest BCUT2D eigenvalue weighted by Crippen LogP contribution is 2.44. The number of hydrogen-bond acceptors (Lipinski definition) is 6. The van der Waals surface area contributed by atoms with E-state index in [1.165, 1.54) is 16.5 Å². The van der Waals surface area contributed by atoms with Gasteiger partial charge >= 0.3 is 12.1 Å². The van der Waals surface area contributed by atoms with Crippen LogP contribution in [0.15, 0.2) is 36.7 Å². The molecule has 1 saturated heterocycles. The molecule has 224 valence electrons. The topological polar surface area (TPSA) is 73.1 Å². The number of alkyl halides is 5. The predicted molar refractivity (Wildman–Crippen MR) is 146 cm³/mol. The van der Waals surface area contributed by atoms with Crippen molar-refractivity contribution in [1.82, 2.24) is 24.6 Å². The van der Waals surface area contributed by atoms with E-state index in [0.29, 0.717) is 23.4 Å². The van der Waals surface area contributed by atoms with Crippen molar-refractivity contribution < 1.29 is 31.5 Å². The minimum atomic E-state index is -5.74. The third-order valence-corrected chi connectivity index (χ3v) is 8.04. The number of halogens is 5. The number of rotatable bonds is 7. The van der Waals surface area contributed by atoms with E-state index < -0.39 is 23.4 Å². The normalized spacial score (nSPS) is 18.7. The van der Waals surface area contributed by atoms with E-state index in [4.69, 9.17) is 9.72 Å². The number of allylic oxidation sites excluding steroid dienone is 1. The minimum absolute atomic E-state index is 0.0317. The first-order chi connectivity index (χ1) is 19.9. The summed E-state index contributed by atoms with van der Waals surface area (Å²) in [4.78, 5) is 24.3. The molecule has 3 aromatic heterocycles. The molecule has 0 aromatic carbocycles. The van der Waals surface area contributed by atoms with Crippen LogP contribution < -0.4 is 0 Å². The maximum absolute atomic E-state index is 13.9. The van der Waals surface area contributed by atoms with Gasteiger partial charge in [-0.1, -0.05) is 12.1 Å². The summed E-state index contributed by atoms with van der Waals surface area (Å²) in [5.41, 5.74) is 2.86. The van der Waals surface area contributed by atoms with Gasteiger partial charge < -0.3 is 4.74 Å². The minimum Gasteiger partial charge on any atom is -0.379 e. The Kier molecular flexibility index (Phi) is 8.30. The number of morpholine rings is 1. The van der Waals surface area contributed by atoms with E-state index in [9.17, 15) is 26.7 Å². The number of hydrogen-bond donors (Lipinski definition) is 0. The lowest BCUT2D eigenvalue weighted by Gasteiger charge is -2.36. The Balaban J connectivity index is 1.27. The van der Waals surface area contributed by atoms with Crippen LogP contribution >= 0.6 is 0 Å². The van der Waals surface area contributed by atoms with Crippen molar-refractivity contribution in [2.75, 3.05) is 26.3 Å². The van der Waals surface area contributed by atoms with E-state index in [0.717, 1.165) is 75.4 Å². The van der Waals surface area contributed by atoms with Gasteiger partial charge in [-0.15, -0.1) is 0 Å². The average Bonchev–Trinajstić information content (AvgIpc) is 3.34.